The van der Waals surface area contributed by atoms with E-state index in [1.165, 1.54) is 37.8 Å². The van der Waals surface area contributed by atoms with Crippen LogP contribution >= 0.6 is 0 Å². The lowest BCUT2D eigenvalue weighted by Crippen LogP contribution is -2.40. The number of amides is 3. The Balaban J connectivity index is 1.58. The number of carbonyl (C=O) groups is 2. The van der Waals surface area contributed by atoms with Crippen molar-refractivity contribution in [3.05, 3.63) is 58.9 Å². The Hall–Kier alpha value is -2.89. The number of imide groups is 1. The molecule has 6 heteroatoms. The number of nitrogens with zero attached hydrogens (tertiary/aromatic N) is 3. The normalized spacial score (nSPS) is 23.2. The molecule has 1 aliphatic heterocycles. The summed E-state index contributed by atoms with van der Waals surface area (Å²) in [6.45, 7) is 5.91. The molecule has 1 aliphatic carbocycles. The predicted molar refractivity (Wildman–Crippen MR) is 113 cm³/mol. The molecule has 1 atom stereocenters. The Kier molecular flexibility index (Phi) is 5.03. The summed E-state index contributed by atoms with van der Waals surface area (Å²) >= 11 is 0. The van der Waals surface area contributed by atoms with Crippen molar-refractivity contribution >= 4 is 18.2 Å². The van der Waals surface area contributed by atoms with Gasteiger partial charge in [-0.25, -0.2) is 4.79 Å². The maximum atomic E-state index is 13.0. The minimum atomic E-state index is -1.10. The van der Waals surface area contributed by atoms with Gasteiger partial charge in [-0.1, -0.05) is 49.6 Å². The second-order valence-electron chi connectivity index (χ2n) is 8.27. The first kappa shape index (κ1) is 19.4. The SMILES string of the molecule is Cc1cc(/C=N\N2C(=O)N[C@](C)(c3ccccc3)C2=O)c(C)n1C1CCCCC1. The molecule has 0 bridgehead atoms. The van der Waals surface area contributed by atoms with Crippen molar-refractivity contribution in [2.75, 3.05) is 0 Å². The van der Waals surface area contributed by atoms with Gasteiger partial charge in [-0.3, -0.25) is 4.79 Å². The van der Waals surface area contributed by atoms with Crippen molar-refractivity contribution < 1.29 is 9.59 Å². The molecule has 1 aromatic carbocycles. The number of hydrazone groups is 1. The highest BCUT2D eigenvalue weighted by Crippen LogP contribution is 2.32. The first-order valence-electron chi connectivity index (χ1n) is 10.4. The molecule has 2 heterocycles. The highest BCUT2D eigenvalue weighted by atomic mass is 16.2. The summed E-state index contributed by atoms with van der Waals surface area (Å²) < 4.78 is 2.39. The zero-order chi connectivity index (χ0) is 20.6. The molecule has 29 heavy (non-hydrogen) atoms. The van der Waals surface area contributed by atoms with Crippen molar-refractivity contribution in [3.63, 3.8) is 0 Å². The number of carbonyl (C=O) groups excluding carboxylic acids is 2. The molecule has 2 aromatic rings. The van der Waals surface area contributed by atoms with Crippen molar-refractivity contribution in [1.82, 2.24) is 14.9 Å². The van der Waals surface area contributed by atoms with Gasteiger partial charge in [0.05, 0.1) is 6.21 Å². The number of aryl methyl sites for hydroxylation is 1. The van der Waals surface area contributed by atoms with Crippen LogP contribution in [0.3, 0.4) is 0 Å². The third-order valence-corrected chi connectivity index (χ3v) is 6.30. The molecule has 0 unspecified atom stereocenters. The second-order valence-corrected chi connectivity index (χ2v) is 8.27. The highest BCUT2D eigenvalue weighted by molar-refractivity contribution is 6.07. The smallest absolute Gasteiger partial charge is 0.345 e. The maximum Gasteiger partial charge on any atom is 0.346 e. The Labute approximate surface area is 171 Å². The van der Waals surface area contributed by atoms with Crippen LogP contribution in [0, 0.1) is 13.8 Å². The molecule has 1 N–H and O–H groups in total. The molecular formula is C23H28N4O2. The standard InChI is InChI=1S/C23H28N4O2/c1-16-14-18(17(2)26(16)20-12-8-5-9-13-20)15-24-27-21(28)23(3,25-22(27)29)19-10-6-4-7-11-19/h4,6-7,10-11,14-15,20H,5,8-9,12-13H2,1-3H3,(H,25,29)/b24-15-/t23-/m1/s1. The highest BCUT2D eigenvalue weighted by Gasteiger charge is 2.49. The molecule has 3 amide bonds. The van der Waals surface area contributed by atoms with Gasteiger partial charge in [-0.05, 0) is 45.2 Å². The van der Waals surface area contributed by atoms with Gasteiger partial charge in [0.1, 0.15) is 5.54 Å². The van der Waals surface area contributed by atoms with Gasteiger partial charge in [0.25, 0.3) is 5.91 Å². The fourth-order valence-corrected chi connectivity index (χ4v) is 4.65. The van der Waals surface area contributed by atoms with Gasteiger partial charge < -0.3 is 9.88 Å². The topological polar surface area (TPSA) is 66.7 Å². The summed E-state index contributed by atoms with van der Waals surface area (Å²) in [7, 11) is 0. The zero-order valence-electron chi connectivity index (χ0n) is 17.3. The van der Waals surface area contributed by atoms with E-state index in [-0.39, 0.29) is 5.91 Å². The average molecular weight is 393 g/mol. The van der Waals surface area contributed by atoms with Gasteiger partial charge in [0.2, 0.25) is 0 Å². The number of hydrogen-bond acceptors (Lipinski definition) is 3. The molecule has 2 fully saturated rings. The molecule has 0 radical (unpaired) electrons. The fourth-order valence-electron chi connectivity index (χ4n) is 4.65. The molecule has 4 rings (SSSR count). The van der Waals surface area contributed by atoms with Crippen molar-refractivity contribution in [1.29, 1.82) is 0 Å². The second kappa shape index (κ2) is 7.50. The maximum absolute atomic E-state index is 13.0. The van der Waals surface area contributed by atoms with Crippen LogP contribution in [0.4, 0.5) is 4.79 Å². The lowest BCUT2D eigenvalue weighted by Gasteiger charge is -2.26. The summed E-state index contributed by atoms with van der Waals surface area (Å²) in [6.07, 6.45) is 7.90. The molecule has 1 aromatic heterocycles. The predicted octanol–water partition coefficient (Wildman–Crippen LogP) is 4.41. The van der Waals surface area contributed by atoms with E-state index >= 15 is 0 Å². The third-order valence-electron chi connectivity index (χ3n) is 6.30. The third kappa shape index (κ3) is 3.37. The van der Waals surface area contributed by atoms with Gasteiger partial charge in [0.15, 0.2) is 0 Å². The van der Waals surface area contributed by atoms with Crippen LogP contribution in [-0.4, -0.2) is 27.7 Å². The van der Waals surface area contributed by atoms with Crippen LogP contribution < -0.4 is 5.32 Å². The molecule has 0 spiro atoms. The van der Waals surface area contributed by atoms with Crippen molar-refractivity contribution in [2.45, 2.75) is 64.5 Å². The molecular weight excluding hydrogens is 364 g/mol. The van der Waals surface area contributed by atoms with E-state index in [9.17, 15) is 9.59 Å². The molecule has 1 saturated heterocycles. The van der Waals surface area contributed by atoms with E-state index in [1.54, 1.807) is 13.1 Å². The van der Waals surface area contributed by atoms with Gasteiger partial charge in [0, 0.05) is 23.0 Å². The van der Waals surface area contributed by atoms with Gasteiger partial charge in [-0.2, -0.15) is 5.10 Å². The molecule has 6 nitrogen and oxygen atoms in total. The number of nitrogens with one attached hydrogen (secondary N) is 1. The summed E-state index contributed by atoms with van der Waals surface area (Å²) in [5.41, 5.74) is 2.92. The first-order valence-corrected chi connectivity index (χ1v) is 10.4. The quantitative estimate of drug-likeness (QED) is 0.619. The Morgan fingerprint density at radius 1 is 1.10 bits per heavy atom. The van der Waals surface area contributed by atoms with Gasteiger partial charge in [-0.15, -0.1) is 5.01 Å². The largest absolute Gasteiger partial charge is 0.346 e. The Bertz CT molecular complexity index is 957. The minimum Gasteiger partial charge on any atom is -0.345 e. The van der Waals surface area contributed by atoms with Crippen LogP contribution in [0.5, 0.6) is 0 Å². The number of benzene rings is 1. The number of hydrogen-bond donors (Lipinski definition) is 1. The lowest BCUT2D eigenvalue weighted by molar-refractivity contribution is -0.131. The molecule has 2 aliphatic rings. The van der Waals surface area contributed by atoms with Crippen molar-refractivity contribution in [3.8, 4) is 0 Å². The van der Waals surface area contributed by atoms with Crippen molar-refractivity contribution in [2.24, 2.45) is 5.10 Å². The van der Waals surface area contributed by atoms with Crippen LogP contribution in [-0.2, 0) is 10.3 Å². The summed E-state index contributed by atoms with van der Waals surface area (Å²) in [6, 6.07) is 11.4. The monoisotopic (exact) mass is 392 g/mol. The molecule has 152 valence electrons. The summed E-state index contributed by atoms with van der Waals surface area (Å²) in [4.78, 5) is 25.5. The van der Waals surface area contributed by atoms with Crippen LogP contribution in [0.15, 0.2) is 41.5 Å². The van der Waals surface area contributed by atoms with E-state index < -0.39 is 11.6 Å². The van der Waals surface area contributed by atoms with Crippen LogP contribution in [0.2, 0.25) is 0 Å². The summed E-state index contributed by atoms with van der Waals surface area (Å²) in [5.74, 6) is -0.369. The van der Waals surface area contributed by atoms with E-state index in [4.69, 9.17) is 0 Å². The van der Waals surface area contributed by atoms with E-state index in [1.807, 2.05) is 30.3 Å². The zero-order valence-corrected chi connectivity index (χ0v) is 17.3. The Morgan fingerprint density at radius 2 is 1.79 bits per heavy atom. The van der Waals surface area contributed by atoms with E-state index in [0.29, 0.717) is 6.04 Å². The van der Waals surface area contributed by atoms with Gasteiger partial charge >= 0.3 is 6.03 Å². The lowest BCUT2D eigenvalue weighted by atomic mass is 9.92. The minimum absolute atomic E-state index is 0.369. The number of aromatic nitrogens is 1. The van der Waals surface area contributed by atoms with E-state index in [0.717, 1.165) is 21.8 Å². The van der Waals surface area contributed by atoms with Crippen LogP contribution in [0.1, 0.15) is 67.6 Å². The first-order chi connectivity index (χ1) is 13.9. The van der Waals surface area contributed by atoms with Crippen LogP contribution in [0.25, 0.3) is 0 Å². The van der Waals surface area contributed by atoms with E-state index in [2.05, 4.69) is 34.9 Å². The molecule has 1 saturated carbocycles. The summed E-state index contributed by atoms with van der Waals surface area (Å²) in [5, 5.41) is 8.00. The average Bonchev–Trinajstić information content (AvgIpc) is 3.14. The number of rotatable bonds is 4. The number of urea groups is 1. The Morgan fingerprint density at radius 3 is 2.48 bits per heavy atom. The fraction of sp³-hybridized carbons (Fsp3) is 0.435.